The van der Waals surface area contributed by atoms with Gasteiger partial charge in [-0.3, -0.25) is 4.90 Å². The summed E-state index contributed by atoms with van der Waals surface area (Å²) < 4.78 is 7.30. The molecule has 33 heavy (non-hydrogen) atoms. The van der Waals surface area contributed by atoms with Crippen LogP contribution in [-0.2, 0) is 0 Å². The van der Waals surface area contributed by atoms with Crippen molar-refractivity contribution < 1.29 is 4.42 Å². The van der Waals surface area contributed by atoms with Gasteiger partial charge in [0.2, 0.25) is 0 Å². The predicted octanol–water partition coefficient (Wildman–Crippen LogP) is 4.32. The number of benzene rings is 2. The second-order valence-corrected chi connectivity index (χ2v) is 8.22. The summed E-state index contributed by atoms with van der Waals surface area (Å²) in [6.07, 6.45) is 7.13. The van der Waals surface area contributed by atoms with Gasteiger partial charge in [0.25, 0.3) is 0 Å². The summed E-state index contributed by atoms with van der Waals surface area (Å²) in [6, 6.07) is 23.0. The first kappa shape index (κ1) is 19.7. The van der Waals surface area contributed by atoms with E-state index >= 15 is 0 Å². The molecule has 1 atom stereocenters. The van der Waals surface area contributed by atoms with Crippen molar-refractivity contribution in [3.05, 3.63) is 103 Å². The maximum atomic E-state index is 5.42. The minimum absolute atomic E-state index is 0.179. The molecule has 3 aromatic heterocycles. The predicted molar refractivity (Wildman–Crippen MR) is 127 cm³/mol. The molecule has 0 aliphatic carbocycles. The molecule has 0 spiro atoms. The number of aromatic nitrogens is 4. The van der Waals surface area contributed by atoms with E-state index in [-0.39, 0.29) is 6.04 Å². The van der Waals surface area contributed by atoms with Gasteiger partial charge >= 0.3 is 0 Å². The molecule has 0 amide bonds. The molecule has 0 N–H and O–H groups in total. The molecular weight excluding hydrogens is 412 g/mol. The Hall–Kier alpha value is -3.97. The molecule has 1 aliphatic heterocycles. The quantitative estimate of drug-likeness (QED) is 0.409. The summed E-state index contributed by atoms with van der Waals surface area (Å²) in [7, 11) is 0. The molecule has 0 saturated carbocycles. The fourth-order valence-corrected chi connectivity index (χ4v) is 4.71. The summed E-state index contributed by atoms with van der Waals surface area (Å²) in [5, 5.41) is 5.58. The van der Waals surface area contributed by atoms with Crippen LogP contribution in [0, 0.1) is 0 Å². The van der Waals surface area contributed by atoms with Crippen LogP contribution in [0.15, 0.2) is 96.2 Å². The van der Waals surface area contributed by atoms with Crippen LogP contribution < -0.4 is 4.90 Å². The Morgan fingerprint density at radius 2 is 1.55 bits per heavy atom. The van der Waals surface area contributed by atoms with Crippen LogP contribution in [0.1, 0.15) is 17.2 Å². The highest BCUT2D eigenvalue weighted by Crippen LogP contribution is 2.31. The second kappa shape index (κ2) is 8.52. The van der Waals surface area contributed by atoms with E-state index in [0.29, 0.717) is 0 Å². The summed E-state index contributed by atoms with van der Waals surface area (Å²) in [4.78, 5) is 14.0. The molecule has 1 fully saturated rings. The highest BCUT2D eigenvalue weighted by atomic mass is 16.3. The lowest BCUT2D eigenvalue weighted by Crippen LogP contribution is -2.48. The summed E-state index contributed by atoms with van der Waals surface area (Å²) in [5.74, 6) is 0.946. The molecule has 1 saturated heterocycles. The summed E-state index contributed by atoms with van der Waals surface area (Å²) in [5.41, 5.74) is 4.28. The monoisotopic (exact) mass is 436 g/mol. The smallest absolute Gasteiger partial charge is 0.168 e. The molecule has 4 heterocycles. The van der Waals surface area contributed by atoms with Gasteiger partial charge in [0, 0.05) is 31.7 Å². The van der Waals surface area contributed by atoms with Crippen molar-refractivity contribution in [1.29, 1.82) is 0 Å². The zero-order valence-electron chi connectivity index (χ0n) is 18.2. The van der Waals surface area contributed by atoms with E-state index in [0.717, 1.165) is 48.7 Å². The molecular formula is C26H24N6O. The summed E-state index contributed by atoms with van der Waals surface area (Å²) in [6.45, 7) is 3.60. The van der Waals surface area contributed by atoms with E-state index in [9.17, 15) is 0 Å². The van der Waals surface area contributed by atoms with Crippen molar-refractivity contribution in [3.63, 3.8) is 0 Å². The highest BCUT2D eigenvalue weighted by Gasteiger charge is 2.28. The third kappa shape index (κ3) is 3.66. The van der Waals surface area contributed by atoms with Gasteiger partial charge in [-0.05, 0) is 23.8 Å². The SMILES string of the molecule is c1ccc(C(c2ccoc2)N2CCN(c3ncnc4c3cnn4-c3ccccc3)CC2)cc1. The zero-order valence-corrected chi connectivity index (χ0v) is 18.2. The van der Waals surface area contributed by atoms with Crippen LogP contribution in [-0.4, -0.2) is 50.8 Å². The van der Waals surface area contributed by atoms with Crippen molar-refractivity contribution in [2.24, 2.45) is 0 Å². The van der Waals surface area contributed by atoms with Gasteiger partial charge in [-0.2, -0.15) is 5.10 Å². The average molecular weight is 437 g/mol. The number of piperazine rings is 1. The van der Waals surface area contributed by atoms with E-state index in [1.165, 1.54) is 11.1 Å². The number of furan rings is 1. The number of anilines is 1. The Kier molecular flexibility index (Phi) is 5.08. The average Bonchev–Trinajstić information content (AvgIpc) is 3.56. The first-order chi connectivity index (χ1) is 16.4. The van der Waals surface area contributed by atoms with Crippen LogP contribution >= 0.6 is 0 Å². The van der Waals surface area contributed by atoms with Crippen LogP contribution in [0.3, 0.4) is 0 Å². The minimum atomic E-state index is 0.179. The summed E-state index contributed by atoms with van der Waals surface area (Å²) >= 11 is 0. The van der Waals surface area contributed by atoms with Gasteiger partial charge in [0.1, 0.15) is 12.1 Å². The lowest BCUT2D eigenvalue weighted by molar-refractivity contribution is 0.211. The molecule has 7 heteroatoms. The number of nitrogens with zero attached hydrogens (tertiary/aromatic N) is 6. The van der Waals surface area contributed by atoms with Gasteiger partial charge in [0.05, 0.1) is 35.8 Å². The topological polar surface area (TPSA) is 63.2 Å². The molecule has 164 valence electrons. The third-order valence-corrected chi connectivity index (χ3v) is 6.30. The van der Waals surface area contributed by atoms with Crippen LogP contribution in [0.4, 0.5) is 5.82 Å². The fraction of sp³-hybridized carbons (Fsp3) is 0.192. The minimum Gasteiger partial charge on any atom is -0.472 e. The van der Waals surface area contributed by atoms with Crippen LogP contribution in [0.5, 0.6) is 0 Å². The maximum Gasteiger partial charge on any atom is 0.168 e. The van der Waals surface area contributed by atoms with Gasteiger partial charge in [-0.15, -0.1) is 0 Å². The Labute approximate surface area is 191 Å². The number of hydrogen-bond acceptors (Lipinski definition) is 6. The van der Waals surface area contributed by atoms with Gasteiger partial charge in [-0.25, -0.2) is 14.6 Å². The standard InChI is InChI=1S/C26H24N6O/c1-3-7-20(8-4-1)24(21-11-16-33-18-21)30-12-14-31(15-13-30)25-23-17-29-32(26(23)28-19-27-25)22-9-5-2-6-10-22/h1-11,16-19,24H,12-15H2. The van der Waals surface area contributed by atoms with Crippen LogP contribution in [0.2, 0.25) is 0 Å². The Bertz CT molecular complexity index is 1330. The molecule has 1 aliphatic rings. The highest BCUT2D eigenvalue weighted by molar-refractivity contribution is 5.87. The normalized spacial score (nSPS) is 15.7. The molecule has 6 rings (SSSR count). The van der Waals surface area contributed by atoms with Crippen molar-refractivity contribution in [2.75, 3.05) is 31.1 Å². The van der Waals surface area contributed by atoms with E-state index < -0.39 is 0 Å². The molecule has 0 bridgehead atoms. The number of para-hydroxylation sites is 1. The van der Waals surface area contributed by atoms with Crippen molar-refractivity contribution in [1.82, 2.24) is 24.6 Å². The largest absolute Gasteiger partial charge is 0.472 e. The third-order valence-electron chi connectivity index (χ3n) is 6.30. The van der Waals surface area contributed by atoms with Crippen molar-refractivity contribution >= 4 is 16.9 Å². The Morgan fingerprint density at radius 1 is 0.788 bits per heavy atom. The fourth-order valence-electron chi connectivity index (χ4n) is 4.71. The molecule has 0 radical (unpaired) electrons. The van der Waals surface area contributed by atoms with E-state index in [4.69, 9.17) is 4.42 Å². The Morgan fingerprint density at radius 3 is 2.27 bits per heavy atom. The van der Waals surface area contributed by atoms with Crippen LogP contribution in [0.25, 0.3) is 16.7 Å². The number of fused-ring (bicyclic) bond motifs is 1. The second-order valence-electron chi connectivity index (χ2n) is 8.22. The molecule has 7 nitrogen and oxygen atoms in total. The Balaban J connectivity index is 1.26. The van der Waals surface area contributed by atoms with Gasteiger partial charge < -0.3 is 9.32 Å². The first-order valence-electron chi connectivity index (χ1n) is 11.2. The van der Waals surface area contributed by atoms with Gasteiger partial charge in [0.15, 0.2) is 5.65 Å². The maximum absolute atomic E-state index is 5.42. The first-order valence-corrected chi connectivity index (χ1v) is 11.2. The number of rotatable bonds is 5. The molecule has 5 aromatic rings. The van der Waals surface area contributed by atoms with E-state index in [1.807, 2.05) is 47.5 Å². The van der Waals surface area contributed by atoms with E-state index in [2.05, 4.69) is 61.3 Å². The van der Waals surface area contributed by atoms with Crippen molar-refractivity contribution in [3.8, 4) is 5.69 Å². The van der Waals surface area contributed by atoms with E-state index in [1.54, 1.807) is 12.6 Å². The lowest BCUT2D eigenvalue weighted by atomic mass is 9.98. The number of hydrogen-bond donors (Lipinski definition) is 0. The molecule has 1 unspecified atom stereocenters. The lowest BCUT2D eigenvalue weighted by Gasteiger charge is -2.39. The zero-order chi connectivity index (χ0) is 22.0. The molecule has 2 aromatic carbocycles. The van der Waals surface area contributed by atoms with Gasteiger partial charge in [-0.1, -0.05) is 48.5 Å². The van der Waals surface area contributed by atoms with Crippen molar-refractivity contribution in [2.45, 2.75) is 6.04 Å².